The minimum atomic E-state index is -0.0881. The molecule has 1 N–H and O–H groups in total. The maximum atomic E-state index is 6.40. The Morgan fingerprint density at radius 1 is 1.23 bits per heavy atom. The summed E-state index contributed by atoms with van der Waals surface area (Å²) in [5.74, 6) is 0.951. The SMILES string of the molecule is Cc1ccc(Cl)c(OC(c2ccncc2)C2CCNC2)c1Cl. The third-order valence-electron chi connectivity index (χ3n) is 4.05. The lowest BCUT2D eigenvalue weighted by Crippen LogP contribution is -2.21. The van der Waals surface area contributed by atoms with E-state index in [4.69, 9.17) is 27.9 Å². The maximum absolute atomic E-state index is 6.40. The zero-order valence-electron chi connectivity index (χ0n) is 12.4. The minimum Gasteiger partial charge on any atom is -0.482 e. The molecule has 2 unspecified atom stereocenters. The summed E-state index contributed by atoms with van der Waals surface area (Å²) >= 11 is 12.7. The predicted molar refractivity (Wildman–Crippen MR) is 89.8 cm³/mol. The summed E-state index contributed by atoms with van der Waals surface area (Å²) in [4.78, 5) is 4.09. The lowest BCUT2D eigenvalue weighted by Gasteiger charge is -2.26. The topological polar surface area (TPSA) is 34.1 Å². The first-order chi connectivity index (χ1) is 10.7. The van der Waals surface area contributed by atoms with Crippen molar-refractivity contribution in [2.24, 2.45) is 5.92 Å². The molecule has 22 heavy (non-hydrogen) atoms. The first-order valence-corrected chi connectivity index (χ1v) is 8.14. The number of nitrogens with one attached hydrogen (secondary N) is 1. The average molecular weight is 337 g/mol. The molecule has 1 aliphatic rings. The van der Waals surface area contributed by atoms with Gasteiger partial charge in [0.25, 0.3) is 0 Å². The van der Waals surface area contributed by atoms with Gasteiger partial charge in [0, 0.05) is 24.9 Å². The Kier molecular flexibility index (Phi) is 4.87. The van der Waals surface area contributed by atoms with E-state index in [1.165, 1.54) is 0 Å². The Bertz CT molecular complexity index is 643. The Morgan fingerprint density at radius 3 is 2.68 bits per heavy atom. The Morgan fingerprint density at radius 2 is 2.00 bits per heavy atom. The van der Waals surface area contributed by atoms with E-state index in [1.54, 1.807) is 12.4 Å². The number of hydrogen-bond donors (Lipinski definition) is 1. The van der Waals surface area contributed by atoms with Crippen LogP contribution < -0.4 is 10.1 Å². The summed E-state index contributed by atoms with van der Waals surface area (Å²) in [5.41, 5.74) is 2.05. The summed E-state index contributed by atoms with van der Waals surface area (Å²) in [6, 6.07) is 7.70. The summed E-state index contributed by atoms with van der Waals surface area (Å²) in [6.07, 6.45) is 4.55. The number of benzene rings is 1. The molecule has 2 atom stereocenters. The molecule has 1 fully saturated rings. The summed E-state index contributed by atoms with van der Waals surface area (Å²) < 4.78 is 6.30. The average Bonchev–Trinajstić information content (AvgIpc) is 3.06. The molecular formula is C17H18Cl2N2O. The molecule has 1 aliphatic heterocycles. The van der Waals surface area contributed by atoms with Crippen LogP contribution in [-0.4, -0.2) is 18.1 Å². The fourth-order valence-electron chi connectivity index (χ4n) is 2.79. The molecular weight excluding hydrogens is 319 g/mol. The van der Waals surface area contributed by atoms with Crippen LogP contribution in [0.25, 0.3) is 0 Å². The van der Waals surface area contributed by atoms with E-state index in [0.717, 1.165) is 30.6 Å². The van der Waals surface area contributed by atoms with Gasteiger partial charge in [-0.3, -0.25) is 4.98 Å². The Labute approximate surface area is 140 Å². The van der Waals surface area contributed by atoms with Crippen molar-refractivity contribution >= 4 is 23.2 Å². The van der Waals surface area contributed by atoms with Gasteiger partial charge in [0.1, 0.15) is 6.10 Å². The second kappa shape index (κ2) is 6.86. The van der Waals surface area contributed by atoms with Crippen molar-refractivity contribution in [1.82, 2.24) is 10.3 Å². The van der Waals surface area contributed by atoms with E-state index < -0.39 is 0 Å². The molecule has 1 aromatic carbocycles. The van der Waals surface area contributed by atoms with Crippen LogP contribution in [0.1, 0.15) is 23.7 Å². The van der Waals surface area contributed by atoms with E-state index in [-0.39, 0.29) is 6.10 Å². The molecule has 116 valence electrons. The lowest BCUT2D eigenvalue weighted by atomic mass is 9.95. The quantitative estimate of drug-likeness (QED) is 0.896. The molecule has 3 nitrogen and oxygen atoms in total. The van der Waals surface area contributed by atoms with Crippen molar-refractivity contribution < 1.29 is 4.74 Å². The molecule has 0 spiro atoms. The number of nitrogens with zero attached hydrogens (tertiary/aromatic N) is 1. The van der Waals surface area contributed by atoms with Gasteiger partial charge in [-0.05, 0) is 49.2 Å². The van der Waals surface area contributed by atoms with Gasteiger partial charge >= 0.3 is 0 Å². The van der Waals surface area contributed by atoms with Gasteiger partial charge in [0.05, 0.1) is 10.0 Å². The van der Waals surface area contributed by atoms with Gasteiger partial charge in [0.2, 0.25) is 0 Å². The highest BCUT2D eigenvalue weighted by Crippen LogP contribution is 2.40. The largest absolute Gasteiger partial charge is 0.482 e. The molecule has 1 saturated heterocycles. The van der Waals surface area contributed by atoms with Crippen LogP contribution in [-0.2, 0) is 0 Å². The molecule has 0 amide bonds. The number of ether oxygens (including phenoxy) is 1. The van der Waals surface area contributed by atoms with Crippen LogP contribution in [0.5, 0.6) is 5.75 Å². The van der Waals surface area contributed by atoms with Crippen molar-refractivity contribution in [2.75, 3.05) is 13.1 Å². The number of hydrogen-bond acceptors (Lipinski definition) is 3. The highest BCUT2D eigenvalue weighted by molar-refractivity contribution is 6.37. The Balaban J connectivity index is 1.95. The molecule has 0 aliphatic carbocycles. The molecule has 3 rings (SSSR count). The van der Waals surface area contributed by atoms with Crippen LogP contribution in [0.3, 0.4) is 0 Å². The van der Waals surface area contributed by atoms with E-state index in [2.05, 4.69) is 10.3 Å². The van der Waals surface area contributed by atoms with Gasteiger partial charge in [-0.15, -0.1) is 0 Å². The maximum Gasteiger partial charge on any atom is 0.157 e. The van der Waals surface area contributed by atoms with Crippen molar-refractivity contribution in [1.29, 1.82) is 0 Å². The molecule has 2 aromatic rings. The van der Waals surface area contributed by atoms with Crippen molar-refractivity contribution in [3.05, 3.63) is 57.8 Å². The van der Waals surface area contributed by atoms with E-state index in [0.29, 0.717) is 21.7 Å². The predicted octanol–water partition coefficient (Wildman–Crippen LogP) is 4.43. The number of rotatable bonds is 4. The molecule has 0 saturated carbocycles. The summed E-state index contributed by atoms with van der Waals surface area (Å²) in [5, 5.41) is 4.51. The first-order valence-electron chi connectivity index (χ1n) is 7.38. The smallest absolute Gasteiger partial charge is 0.157 e. The normalized spacial score (nSPS) is 19.1. The highest BCUT2D eigenvalue weighted by Gasteiger charge is 2.29. The fourth-order valence-corrected chi connectivity index (χ4v) is 3.25. The van der Waals surface area contributed by atoms with Crippen molar-refractivity contribution in [3.8, 4) is 5.75 Å². The third-order valence-corrected chi connectivity index (χ3v) is 4.82. The fraction of sp³-hybridized carbons (Fsp3) is 0.353. The number of halogens is 2. The van der Waals surface area contributed by atoms with Crippen molar-refractivity contribution in [3.63, 3.8) is 0 Å². The Hall–Kier alpha value is -1.29. The van der Waals surface area contributed by atoms with Crippen LogP contribution >= 0.6 is 23.2 Å². The van der Waals surface area contributed by atoms with Crippen molar-refractivity contribution in [2.45, 2.75) is 19.4 Å². The molecule has 2 heterocycles. The van der Waals surface area contributed by atoms with Crippen LogP contribution in [0.2, 0.25) is 10.0 Å². The summed E-state index contributed by atoms with van der Waals surface area (Å²) in [6.45, 7) is 3.88. The van der Waals surface area contributed by atoms with E-state index in [9.17, 15) is 0 Å². The second-order valence-electron chi connectivity index (χ2n) is 5.58. The highest BCUT2D eigenvalue weighted by atomic mass is 35.5. The van der Waals surface area contributed by atoms with Gasteiger partial charge in [-0.2, -0.15) is 0 Å². The number of aryl methyl sites for hydroxylation is 1. The zero-order valence-corrected chi connectivity index (χ0v) is 13.9. The van der Waals surface area contributed by atoms with E-state index >= 15 is 0 Å². The second-order valence-corrected chi connectivity index (χ2v) is 6.36. The van der Waals surface area contributed by atoms with Gasteiger partial charge in [0.15, 0.2) is 5.75 Å². The minimum absolute atomic E-state index is 0.0881. The summed E-state index contributed by atoms with van der Waals surface area (Å²) in [7, 11) is 0. The monoisotopic (exact) mass is 336 g/mol. The molecule has 0 bridgehead atoms. The zero-order chi connectivity index (χ0) is 15.5. The van der Waals surface area contributed by atoms with E-state index in [1.807, 2.05) is 31.2 Å². The standard InChI is InChI=1S/C17H18Cl2N2O/c1-11-2-3-14(18)17(15(11)19)22-16(13-6-9-21-10-13)12-4-7-20-8-5-12/h2-5,7-8,13,16,21H,6,9-10H2,1H3. The van der Waals surface area contributed by atoms with Gasteiger partial charge in [-0.25, -0.2) is 0 Å². The van der Waals surface area contributed by atoms with Crippen LogP contribution in [0.15, 0.2) is 36.7 Å². The van der Waals surface area contributed by atoms with Crippen LogP contribution in [0.4, 0.5) is 0 Å². The first kappa shape index (κ1) is 15.6. The van der Waals surface area contributed by atoms with Crippen LogP contribution in [0, 0.1) is 12.8 Å². The third kappa shape index (κ3) is 3.22. The molecule has 5 heteroatoms. The van der Waals surface area contributed by atoms with Gasteiger partial charge < -0.3 is 10.1 Å². The molecule has 1 aromatic heterocycles. The lowest BCUT2D eigenvalue weighted by molar-refractivity contribution is 0.144. The van der Waals surface area contributed by atoms with Gasteiger partial charge in [-0.1, -0.05) is 29.3 Å². The number of aromatic nitrogens is 1. The number of pyridine rings is 1. The molecule has 0 radical (unpaired) electrons.